The number of hydrogen-bond acceptors (Lipinski definition) is 3. The molecule has 116 valence electrons. The van der Waals surface area contributed by atoms with E-state index < -0.39 is 17.7 Å². The van der Waals surface area contributed by atoms with Gasteiger partial charge in [-0.25, -0.2) is 0 Å². The fraction of sp³-hybridized carbons (Fsp3) is 0.357. The Bertz CT molecular complexity index is 491. The molecule has 0 fully saturated rings. The Kier molecular flexibility index (Phi) is 6.77. The summed E-state index contributed by atoms with van der Waals surface area (Å²) in [6.07, 6.45) is -2.76. The second-order valence-electron chi connectivity index (χ2n) is 4.29. The molecule has 0 aliphatic heterocycles. The van der Waals surface area contributed by atoms with Gasteiger partial charge in [-0.2, -0.15) is 13.2 Å². The molecule has 0 spiro atoms. The van der Waals surface area contributed by atoms with Gasteiger partial charge in [0.25, 0.3) is 0 Å². The van der Waals surface area contributed by atoms with Gasteiger partial charge in [0.15, 0.2) is 0 Å². The van der Waals surface area contributed by atoms with Gasteiger partial charge in [0.2, 0.25) is 0 Å². The second-order valence-corrected chi connectivity index (χ2v) is 5.46. The average Bonchev–Trinajstić information content (AvgIpc) is 2.37. The van der Waals surface area contributed by atoms with Crippen LogP contribution in [0.3, 0.4) is 0 Å². The molecule has 1 rings (SSSR count). The molecule has 3 nitrogen and oxygen atoms in total. The van der Waals surface area contributed by atoms with E-state index >= 15 is 0 Å². The number of thioether (sulfide) groups is 1. The standard InChI is InChI=1S/C14H16F3NO2S/c1-2-6-18(10-13(19)20)7-8-21-12-5-3-4-11(9-12)14(15,16)17/h2-5,9H,1,6-8,10H2,(H,19,20). The van der Waals surface area contributed by atoms with Gasteiger partial charge < -0.3 is 5.11 Å². The molecule has 1 N–H and O–H groups in total. The van der Waals surface area contributed by atoms with Gasteiger partial charge >= 0.3 is 12.1 Å². The largest absolute Gasteiger partial charge is 0.480 e. The van der Waals surface area contributed by atoms with Crippen LogP contribution in [0, 0.1) is 0 Å². The Labute approximate surface area is 125 Å². The van der Waals surface area contributed by atoms with Crippen molar-refractivity contribution in [3.63, 3.8) is 0 Å². The summed E-state index contributed by atoms with van der Waals surface area (Å²) in [5.41, 5.74) is -0.680. The van der Waals surface area contributed by atoms with Crippen LogP contribution < -0.4 is 0 Å². The molecular weight excluding hydrogens is 303 g/mol. The first kappa shape index (κ1) is 17.6. The molecule has 0 radical (unpaired) electrons. The third kappa shape index (κ3) is 6.68. The lowest BCUT2D eigenvalue weighted by atomic mass is 10.2. The molecule has 0 aromatic heterocycles. The summed E-state index contributed by atoms with van der Waals surface area (Å²) in [6.45, 7) is 4.31. The van der Waals surface area contributed by atoms with E-state index in [0.717, 1.165) is 12.1 Å². The molecule has 0 bridgehead atoms. The van der Waals surface area contributed by atoms with Crippen molar-refractivity contribution in [3.8, 4) is 0 Å². The first-order valence-electron chi connectivity index (χ1n) is 6.18. The van der Waals surface area contributed by atoms with E-state index in [1.807, 2.05) is 0 Å². The molecule has 0 aliphatic carbocycles. The number of aliphatic carboxylic acids is 1. The number of rotatable bonds is 8. The average molecular weight is 319 g/mol. The molecule has 1 aromatic rings. The highest BCUT2D eigenvalue weighted by Crippen LogP contribution is 2.31. The van der Waals surface area contributed by atoms with Crippen molar-refractivity contribution >= 4 is 17.7 Å². The Hall–Kier alpha value is -1.47. The lowest BCUT2D eigenvalue weighted by Crippen LogP contribution is -2.31. The van der Waals surface area contributed by atoms with Crippen molar-refractivity contribution in [1.29, 1.82) is 0 Å². The van der Waals surface area contributed by atoms with Crippen molar-refractivity contribution in [2.24, 2.45) is 0 Å². The number of alkyl halides is 3. The van der Waals surface area contributed by atoms with Crippen LogP contribution in [0.25, 0.3) is 0 Å². The van der Waals surface area contributed by atoms with E-state index in [9.17, 15) is 18.0 Å². The molecule has 1 aromatic carbocycles. The zero-order valence-electron chi connectivity index (χ0n) is 11.3. The Morgan fingerprint density at radius 3 is 2.71 bits per heavy atom. The van der Waals surface area contributed by atoms with Crippen LogP contribution in [-0.4, -0.2) is 41.4 Å². The minimum atomic E-state index is -4.35. The molecule has 0 heterocycles. The van der Waals surface area contributed by atoms with Crippen LogP contribution in [0.4, 0.5) is 13.2 Å². The number of halogens is 3. The van der Waals surface area contributed by atoms with Gasteiger partial charge in [0.1, 0.15) is 0 Å². The lowest BCUT2D eigenvalue weighted by molar-refractivity contribution is -0.138. The Balaban J connectivity index is 2.54. The van der Waals surface area contributed by atoms with Gasteiger partial charge in [-0.15, -0.1) is 18.3 Å². The topological polar surface area (TPSA) is 40.5 Å². The summed E-state index contributed by atoms with van der Waals surface area (Å²) in [5, 5.41) is 8.75. The van der Waals surface area contributed by atoms with Crippen molar-refractivity contribution in [1.82, 2.24) is 4.90 Å². The van der Waals surface area contributed by atoms with Crippen LogP contribution in [0.15, 0.2) is 41.8 Å². The molecule has 7 heteroatoms. The van der Waals surface area contributed by atoms with Gasteiger partial charge in [-0.05, 0) is 18.2 Å². The van der Waals surface area contributed by atoms with Crippen molar-refractivity contribution < 1.29 is 23.1 Å². The van der Waals surface area contributed by atoms with Crippen molar-refractivity contribution in [3.05, 3.63) is 42.5 Å². The van der Waals surface area contributed by atoms with Crippen LogP contribution >= 0.6 is 11.8 Å². The second kappa shape index (κ2) is 8.09. The predicted octanol–water partition coefficient (Wildman–Crippen LogP) is 3.37. The maximum Gasteiger partial charge on any atom is 0.416 e. The molecule has 0 amide bonds. The highest BCUT2D eigenvalue weighted by molar-refractivity contribution is 7.99. The van der Waals surface area contributed by atoms with Crippen LogP contribution in [0.2, 0.25) is 0 Å². The summed E-state index contributed by atoms with van der Waals surface area (Å²) in [6, 6.07) is 5.09. The minimum absolute atomic E-state index is 0.116. The smallest absolute Gasteiger partial charge is 0.416 e. The molecule has 0 unspecified atom stereocenters. The summed E-state index contributed by atoms with van der Waals surface area (Å²) in [7, 11) is 0. The zero-order chi connectivity index (χ0) is 15.9. The van der Waals surface area contributed by atoms with Gasteiger partial charge in [-0.3, -0.25) is 9.69 Å². The molecule has 0 saturated carbocycles. The number of nitrogens with zero attached hydrogens (tertiary/aromatic N) is 1. The first-order valence-corrected chi connectivity index (χ1v) is 7.16. The number of carboxylic acids is 1. The maximum absolute atomic E-state index is 12.6. The fourth-order valence-electron chi connectivity index (χ4n) is 1.66. The van der Waals surface area contributed by atoms with E-state index in [4.69, 9.17) is 5.11 Å². The molecule has 0 saturated heterocycles. The Morgan fingerprint density at radius 2 is 2.14 bits per heavy atom. The molecular formula is C14H16F3NO2S. The van der Waals surface area contributed by atoms with E-state index in [1.54, 1.807) is 17.0 Å². The summed E-state index contributed by atoms with van der Waals surface area (Å²) >= 11 is 1.26. The van der Waals surface area contributed by atoms with Gasteiger partial charge in [-0.1, -0.05) is 12.1 Å². The third-order valence-corrected chi connectivity index (χ3v) is 3.56. The van der Waals surface area contributed by atoms with E-state index in [2.05, 4.69) is 6.58 Å². The monoisotopic (exact) mass is 319 g/mol. The predicted molar refractivity (Wildman–Crippen MR) is 76.4 cm³/mol. The van der Waals surface area contributed by atoms with Crippen molar-refractivity contribution in [2.45, 2.75) is 11.1 Å². The third-order valence-electron chi connectivity index (χ3n) is 2.58. The van der Waals surface area contributed by atoms with Gasteiger partial charge in [0, 0.05) is 23.7 Å². The van der Waals surface area contributed by atoms with E-state index in [0.29, 0.717) is 23.7 Å². The number of carboxylic acid groups (broad SMARTS) is 1. The normalized spacial score (nSPS) is 11.6. The quantitative estimate of drug-likeness (QED) is 0.589. The zero-order valence-corrected chi connectivity index (χ0v) is 12.1. The summed E-state index contributed by atoms with van der Waals surface area (Å²) < 4.78 is 37.7. The summed E-state index contributed by atoms with van der Waals surface area (Å²) in [5.74, 6) is -0.441. The maximum atomic E-state index is 12.6. The fourth-order valence-corrected chi connectivity index (χ4v) is 2.63. The number of hydrogen-bond donors (Lipinski definition) is 1. The molecule has 0 aliphatic rings. The van der Waals surface area contributed by atoms with E-state index in [1.165, 1.54) is 17.8 Å². The highest BCUT2D eigenvalue weighted by Gasteiger charge is 2.30. The van der Waals surface area contributed by atoms with Crippen LogP contribution in [-0.2, 0) is 11.0 Å². The SMILES string of the molecule is C=CCN(CCSc1cccc(C(F)(F)F)c1)CC(=O)O. The molecule has 21 heavy (non-hydrogen) atoms. The van der Waals surface area contributed by atoms with Crippen LogP contribution in [0.5, 0.6) is 0 Å². The molecule has 0 atom stereocenters. The van der Waals surface area contributed by atoms with Crippen LogP contribution in [0.1, 0.15) is 5.56 Å². The summed E-state index contributed by atoms with van der Waals surface area (Å²) in [4.78, 5) is 12.8. The lowest BCUT2D eigenvalue weighted by Gasteiger charge is -2.17. The highest BCUT2D eigenvalue weighted by atomic mass is 32.2. The van der Waals surface area contributed by atoms with E-state index in [-0.39, 0.29) is 6.54 Å². The van der Waals surface area contributed by atoms with Gasteiger partial charge in [0.05, 0.1) is 12.1 Å². The number of carbonyl (C=O) groups is 1. The Morgan fingerprint density at radius 1 is 1.43 bits per heavy atom. The minimum Gasteiger partial charge on any atom is -0.480 e. The number of benzene rings is 1. The van der Waals surface area contributed by atoms with Crippen molar-refractivity contribution in [2.75, 3.05) is 25.4 Å². The first-order chi connectivity index (χ1) is 9.82.